The Hall–Kier alpha value is -0.620. The van der Waals surface area contributed by atoms with E-state index in [-0.39, 0.29) is 0 Å². The lowest BCUT2D eigenvalue weighted by Crippen LogP contribution is -2.34. The molecule has 0 spiro atoms. The fourth-order valence-electron chi connectivity index (χ4n) is 2.88. The molecule has 4 nitrogen and oxygen atoms in total. The zero-order valence-electron chi connectivity index (χ0n) is 12.0. The Morgan fingerprint density at radius 1 is 1.45 bits per heavy atom. The molecule has 2 rings (SSSR count). The average molecular weight is 344 g/mol. The highest BCUT2D eigenvalue weighted by atomic mass is 79.9. The highest BCUT2D eigenvalue weighted by Gasteiger charge is 2.29. The van der Waals surface area contributed by atoms with E-state index in [1.807, 2.05) is 12.1 Å². The maximum Gasteiger partial charge on any atom is 0.123 e. The third-order valence-corrected chi connectivity index (χ3v) is 4.21. The number of likely N-dealkylation sites (tertiary alicyclic amines) is 1. The summed E-state index contributed by atoms with van der Waals surface area (Å²) < 4.78 is 11.5. The van der Waals surface area contributed by atoms with Gasteiger partial charge in [0.1, 0.15) is 5.75 Å². The van der Waals surface area contributed by atoms with Crippen LogP contribution in [0.4, 0.5) is 0 Å². The minimum atomic E-state index is -0.446. The van der Waals surface area contributed by atoms with Gasteiger partial charge in [0, 0.05) is 29.7 Å². The molecule has 1 fully saturated rings. The van der Waals surface area contributed by atoms with E-state index in [0.717, 1.165) is 29.6 Å². The van der Waals surface area contributed by atoms with Crippen LogP contribution in [0.2, 0.25) is 0 Å². The second kappa shape index (κ2) is 7.41. The van der Waals surface area contributed by atoms with Gasteiger partial charge in [-0.2, -0.15) is 0 Å². The first-order valence-electron chi connectivity index (χ1n) is 6.90. The van der Waals surface area contributed by atoms with E-state index >= 15 is 0 Å². The molecule has 20 heavy (non-hydrogen) atoms. The van der Waals surface area contributed by atoms with Gasteiger partial charge in [0.15, 0.2) is 0 Å². The van der Waals surface area contributed by atoms with Gasteiger partial charge >= 0.3 is 0 Å². The summed E-state index contributed by atoms with van der Waals surface area (Å²) in [6, 6.07) is 6.39. The molecule has 5 heteroatoms. The molecule has 1 saturated heterocycles. The van der Waals surface area contributed by atoms with Crippen molar-refractivity contribution in [1.82, 2.24) is 4.90 Å². The van der Waals surface area contributed by atoms with Crippen molar-refractivity contribution in [2.45, 2.75) is 25.0 Å². The van der Waals surface area contributed by atoms with Crippen LogP contribution in [-0.2, 0) is 4.74 Å². The molecule has 1 aliphatic heterocycles. The Kier molecular flexibility index (Phi) is 5.84. The zero-order chi connectivity index (χ0) is 14.5. The first-order valence-corrected chi connectivity index (χ1v) is 7.69. The van der Waals surface area contributed by atoms with Crippen LogP contribution in [0, 0.1) is 0 Å². The van der Waals surface area contributed by atoms with E-state index in [1.54, 1.807) is 14.2 Å². The van der Waals surface area contributed by atoms with Crippen molar-refractivity contribution in [3.63, 3.8) is 0 Å². The van der Waals surface area contributed by atoms with Crippen molar-refractivity contribution in [3.8, 4) is 5.75 Å². The fourth-order valence-corrected chi connectivity index (χ4v) is 3.26. The van der Waals surface area contributed by atoms with Crippen molar-refractivity contribution in [1.29, 1.82) is 0 Å². The average Bonchev–Trinajstić information content (AvgIpc) is 2.86. The van der Waals surface area contributed by atoms with Crippen LogP contribution in [-0.4, -0.2) is 50.0 Å². The summed E-state index contributed by atoms with van der Waals surface area (Å²) in [5.74, 6) is 0.909. The van der Waals surface area contributed by atoms with Gasteiger partial charge in [-0.1, -0.05) is 15.9 Å². The number of benzene rings is 1. The van der Waals surface area contributed by atoms with E-state index in [4.69, 9.17) is 9.47 Å². The molecule has 1 heterocycles. The van der Waals surface area contributed by atoms with Gasteiger partial charge < -0.3 is 14.6 Å². The summed E-state index contributed by atoms with van der Waals surface area (Å²) in [7, 11) is 3.31. The van der Waals surface area contributed by atoms with E-state index in [9.17, 15) is 5.11 Å². The molecule has 0 unspecified atom stereocenters. The van der Waals surface area contributed by atoms with E-state index in [1.165, 1.54) is 5.56 Å². The highest BCUT2D eigenvalue weighted by Crippen LogP contribution is 2.38. The highest BCUT2D eigenvalue weighted by molar-refractivity contribution is 9.10. The predicted octanol–water partition coefficient (Wildman–Crippen LogP) is 2.60. The summed E-state index contributed by atoms with van der Waals surface area (Å²) in [6.07, 6.45) is 1.78. The van der Waals surface area contributed by atoms with Gasteiger partial charge in [-0.25, -0.2) is 0 Å². The molecule has 2 atom stereocenters. The van der Waals surface area contributed by atoms with E-state index < -0.39 is 6.10 Å². The molecule has 1 aromatic rings. The van der Waals surface area contributed by atoms with Gasteiger partial charge in [0.05, 0.1) is 19.8 Å². The number of β-amino-alcohol motifs (C(OH)–C–C–N with tert-alkyl or cyclic N) is 1. The van der Waals surface area contributed by atoms with Gasteiger partial charge in [0.2, 0.25) is 0 Å². The number of nitrogens with zero attached hydrogens (tertiary/aromatic N) is 1. The lowest BCUT2D eigenvalue weighted by atomic mass is 10.0. The number of ether oxygens (including phenoxy) is 2. The predicted molar refractivity (Wildman–Crippen MR) is 82.1 cm³/mol. The number of rotatable bonds is 6. The molecule has 112 valence electrons. The van der Waals surface area contributed by atoms with Gasteiger partial charge in [-0.3, -0.25) is 4.90 Å². The molecule has 1 N–H and O–H groups in total. The molecule has 1 aliphatic rings. The molecular weight excluding hydrogens is 322 g/mol. The Morgan fingerprint density at radius 3 is 2.95 bits per heavy atom. The minimum Gasteiger partial charge on any atom is -0.496 e. The minimum absolute atomic E-state index is 0.300. The standard InChI is InChI=1S/C15H22BrNO3/c1-19-10-12(18)9-17-7-3-4-14(17)13-8-11(16)5-6-15(13)20-2/h5-6,8,12,14,18H,3-4,7,9-10H2,1-2H3/t12-,14-/m0/s1. The van der Waals surface area contributed by atoms with Crippen molar-refractivity contribution < 1.29 is 14.6 Å². The van der Waals surface area contributed by atoms with Crippen LogP contribution in [0.25, 0.3) is 0 Å². The Labute approximate surface area is 128 Å². The quantitative estimate of drug-likeness (QED) is 0.861. The summed E-state index contributed by atoms with van der Waals surface area (Å²) in [5.41, 5.74) is 1.18. The number of aliphatic hydroxyl groups is 1. The number of hydrogen-bond acceptors (Lipinski definition) is 4. The van der Waals surface area contributed by atoms with Crippen molar-refractivity contribution in [2.24, 2.45) is 0 Å². The summed E-state index contributed by atoms with van der Waals surface area (Å²) in [4.78, 5) is 2.31. The molecule has 0 aromatic heterocycles. The van der Waals surface area contributed by atoms with Crippen LogP contribution in [0.3, 0.4) is 0 Å². The second-order valence-corrected chi connectivity index (χ2v) is 6.06. The van der Waals surface area contributed by atoms with Crippen LogP contribution in [0.5, 0.6) is 5.75 Å². The van der Waals surface area contributed by atoms with E-state index in [0.29, 0.717) is 19.2 Å². The SMILES string of the molecule is COC[C@@H](O)CN1CCC[C@H]1c1cc(Br)ccc1OC. The largest absolute Gasteiger partial charge is 0.496 e. The third kappa shape index (κ3) is 3.73. The smallest absolute Gasteiger partial charge is 0.123 e. The molecule has 1 aromatic carbocycles. The van der Waals surface area contributed by atoms with Gasteiger partial charge in [-0.15, -0.1) is 0 Å². The van der Waals surface area contributed by atoms with Crippen molar-refractivity contribution in [2.75, 3.05) is 33.9 Å². The molecule has 0 aliphatic carbocycles. The normalized spacial score (nSPS) is 21.1. The zero-order valence-corrected chi connectivity index (χ0v) is 13.6. The number of halogens is 1. The maximum atomic E-state index is 9.95. The Morgan fingerprint density at radius 2 is 2.25 bits per heavy atom. The molecule has 0 amide bonds. The number of hydrogen-bond donors (Lipinski definition) is 1. The maximum absolute atomic E-state index is 9.95. The van der Waals surface area contributed by atoms with Crippen LogP contribution < -0.4 is 4.74 Å². The first-order chi connectivity index (χ1) is 9.65. The third-order valence-electron chi connectivity index (χ3n) is 3.72. The summed E-state index contributed by atoms with van der Waals surface area (Å²) in [6.45, 7) is 2.01. The second-order valence-electron chi connectivity index (χ2n) is 5.15. The van der Waals surface area contributed by atoms with Crippen molar-refractivity contribution in [3.05, 3.63) is 28.2 Å². The van der Waals surface area contributed by atoms with Crippen LogP contribution >= 0.6 is 15.9 Å². The lowest BCUT2D eigenvalue weighted by molar-refractivity contribution is 0.0344. The first kappa shape index (κ1) is 15.8. The molecule has 0 radical (unpaired) electrons. The number of aliphatic hydroxyl groups excluding tert-OH is 1. The van der Waals surface area contributed by atoms with Crippen LogP contribution in [0.15, 0.2) is 22.7 Å². The van der Waals surface area contributed by atoms with Gasteiger partial charge in [-0.05, 0) is 37.6 Å². The molecule has 0 bridgehead atoms. The van der Waals surface area contributed by atoms with Crippen LogP contribution in [0.1, 0.15) is 24.4 Å². The topological polar surface area (TPSA) is 41.9 Å². The fraction of sp³-hybridized carbons (Fsp3) is 0.600. The molecular formula is C15H22BrNO3. The Bertz CT molecular complexity index is 441. The molecule has 0 saturated carbocycles. The van der Waals surface area contributed by atoms with E-state index in [2.05, 4.69) is 26.9 Å². The summed E-state index contributed by atoms with van der Waals surface area (Å²) >= 11 is 3.52. The van der Waals surface area contributed by atoms with Crippen molar-refractivity contribution >= 4 is 15.9 Å². The monoisotopic (exact) mass is 343 g/mol. The summed E-state index contributed by atoms with van der Waals surface area (Å²) in [5, 5.41) is 9.95. The van der Waals surface area contributed by atoms with Gasteiger partial charge in [0.25, 0.3) is 0 Å². The lowest BCUT2D eigenvalue weighted by Gasteiger charge is -2.28. The Balaban J connectivity index is 2.16. The number of methoxy groups -OCH3 is 2.